The van der Waals surface area contributed by atoms with Crippen LogP contribution in [0.4, 0.5) is 17.3 Å². The van der Waals surface area contributed by atoms with Crippen molar-refractivity contribution in [2.24, 2.45) is 0 Å². The highest BCUT2D eigenvalue weighted by Gasteiger charge is 2.10. The second-order valence-electron chi connectivity index (χ2n) is 6.30. The molecule has 0 saturated carbocycles. The number of amides is 1. The molecule has 0 radical (unpaired) electrons. The minimum atomic E-state index is -0.286. The van der Waals surface area contributed by atoms with Crippen molar-refractivity contribution in [3.8, 4) is 0 Å². The molecule has 6 heteroatoms. The third-order valence-corrected chi connectivity index (χ3v) is 4.73. The molecule has 3 aromatic rings. The summed E-state index contributed by atoms with van der Waals surface area (Å²) in [4.78, 5) is 20.9. The predicted octanol–water partition coefficient (Wildman–Crippen LogP) is 5.31. The quantitative estimate of drug-likeness (QED) is 0.629. The van der Waals surface area contributed by atoms with Crippen molar-refractivity contribution in [3.63, 3.8) is 0 Å². The SMILES string of the molecule is CCc1cccc(C)c1Nc1ncc(C(=O)Nc2ccc(C)c(Cl)c2)cn1. The number of halogens is 1. The minimum Gasteiger partial charge on any atom is -0.324 e. The van der Waals surface area contributed by atoms with Crippen molar-refractivity contribution in [2.45, 2.75) is 27.2 Å². The number of nitrogens with one attached hydrogen (secondary N) is 2. The summed E-state index contributed by atoms with van der Waals surface area (Å²) in [7, 11) is 0. The van der Waals surface area contributed by atoms with Crippen LogP contribution in [-0.4, -0.2) is 15.9 Å². The average Bonchev–Trinajstić information content (AvgIpc) is 2.67. The number of rotatable bonds is 5. The number of hydrogen-bond acceptors (Lipinski definition) is 4. The Hall–Kier alpha value is -2.92. The highest BCUT2D eigenvalue weighted by molar-refractivity contribution is 6.31. The number of hydrogen-bond donors (Lipinski definition) is 2. The molecule has 0 aliphatic carbocycles. The Kier molecular flexibility index (Phi) is 5.72. The summed E-state index contributed by atoms with van der Waals surface area (Å²) in [5.41, 5.74) is 5.28. The molecule has 5 nitrogen and oxygen atoms in total. The molecule has 1 amide bonds. The Labute approximate surface area is 163 Å². The average molecular weight is 381 g/mol. The number of carbonyl (C=O) groups is 1. The predicted molar refractivity (Wildman–Crippen MR) is 110 cm³/mol. The van der Waals surface area contributed by atoms with Crippen LogP contribution in [0.5, 0.6) is 0 Å². The van der Waals surface area contributed by atoms with Crippen LogP contribution in [0.15, 0.2) is 48.8 Å². The number of aryl methyl sites for hydroxylation is 3. The van der Waals surface area contributed by atoms with E-state index in [1.54, 1.807) is 12.1 Å². The molecule has 0 aliphatic heterocycles. The summed E-state index contributed by atoms with van der Waals surface area (Å²) in [5.74, 6) is 0.167. The number of para-hydroxylation sites is 1. The van der Waals surface area contributed by atoms with E-state index >= 15 is 0 Å². The van der Waals surface area contributed by atoms with Crippen LogP contribution >= 0.6 is 11.6 Å². The first-order valence-corrected chi connectivity index (χ1v) is 9.10. The van der Waals surface area contributed by atoms with E-state index in [1.165, 1.54) is 18.0 Å². The summed E-state index contributed by atoms with van der Waals surface area (Å²) in [6.45, 7) is 6.05. The minimum absolute atomic E-state index is 0.286. The van der Waals surface area contributed by atoms with Gasteiger partial charge in [-0.05, 0) is 49.1 Å². The Morgan fingerprint density at radius 2 is 1.81 bits per heavy atom. The number of carbonyl (C=O) groups excluding carboxylic acids is 1. The Morgan fingerprint density at radius 1 is 1.07 bits per heavy atom. The van der Waals surface area contributed by atoms with Gasteiger partial charge in [-0.1, -0.05) is 42.8 Å². The van der Waals surface area contributed by atoms with E-state index in [4.69, 9.17) is 11.6 Å². The highest BCUT2D eigenvalue weighted by atomic mass is 35.5. The van der Waals surface area contributed by atoms with Crippen molar-refractivity contribution in [1.82, 2.24) is 9.97 Å². The molecule has 0 spiro atoms. The summed E-state index contributed by atoms with van der Waals surface area (Å²) >= 11 is 6.09. The van der Waals surface area contributed by atoms with Crippen molar-refractivity contribution in [2.75, 3.05) is 10.6 Å². The molecule has 0 bridgehead atoms. The fourth-order valence-corrected chi connectivity index (χ4v) is 2.88. The Morgan fingerprint density at radius 3 is 2.48 bits per heavy atom. The maximum absolute atomic E-state index is 12.4. The smallest absolute Gasteiger partial charge is 0.258 e. The lowest BCUT2D eigenvalue weighted by Crippen LogP contribution is -2.13. The molecule has 138 valence electrons. The van der Waals surface area contributed by atoms with Gasteiger partial charge >= 0.3 is 0 Å². The molecule has 0 atom stereocenters. The number of nitrogens with zero attached hydrogens (tertiary/aromatic N) is 2. The van der Waals surface area contributed by atoms with E-state index < -0.39 is 0 Å². The summed E-state index contributed by atoms with van der Waals surface area (Å²) in [5, 5.41) is 6.65. The first-order valence-electron chi connectivity index (χ1n) is 8.73. The van der Waals surface area contributed by atoms with Gasteiger partial charge in [0.15, 0.2) is 0 Å². The van der Waals surface area contributed by atoms with E-state index in [0.717, 1.165) is 23.2 Å². The zero-order valence-corrected chi connectivity index (χ0v) is 16.3. The standard InChI is InChI=1S/C21H21ClN4O/c1-4-15-7-5-6-14(3)19(15)26-21-23-11-16(12-24-21)20(27)25-17-9-8-13(2)18(22)10-17/h5-12H,4H2,1-3H3,(H,25,27)(H,23,24,26). The molecule has 0 unspecified atom stereocenters. The third kappa shape index (κ3) is 4.44. The second-order valence-corrected chi connectivity index (χ2v) is 6.71. The molecule has 1 aromatic heterocycles. The van der Waals surface area contributed by atoms with E-state index in [1.807, 2.05) is 32.0 Å². The normalized spacial score (nSPS) is 10.5. The molecule has 2 aromatic carbocycles. The first-order chi connectivity index (χ1) is 13.0. The van der Waals surface area contributed by atoms with Gasteiger partial charge in [0.2, 0.25) is 5.95 Å². The van der Waals surface area contributed by atoms with Crippen LogP contribution in [0.1, 0.15) is 34.0 Å². The number of anilines is 3. The van der Waals surface area contributed by atoms with Crippen molar-refractivity contribution in [1.29, 1.82) is 0 Å². The summed E-state index contributed by atoms with van der Waals surface area (Å²) in [6, 6.07) is 11.5. The van der Waals surface area contributed by atoms with Gasteiger partial charge in [-0.3, -0.25) is 4.79 Å². The molecule has 0 aliphatic rings. The van der Waals surface area contributed by atoms with Gasteiger partial charge in [0.05, 0.1) is 5.56 Å². The largest absolute Gasteiger partial charge is 0.324 e. The van der Waals surface area contributed by atoms with Crippen LogP contribution in [-0.2, 0) is 6.42 Å². The zero-order chi connectivity index (χ0) is 19.4. The molecule has 27 heavy (non-hydrogen) atoms. The fourth-order valence-electron chi connectivity index (χ4n) is 2.70. The molecule has 3 rings (SSSR count). The van der Waals surface area contributed by atoms with Crippen molar-refractivity contribution in [3.05, 3.63) is 76.1 Å². The van der Waals surface area contributed by atoms with Gasteiger partial charge in [-0.15, -0.1) is 0 Å². The Balaban J connectivity index is 1.73. The summed E-state index contributed by atoms with van der Waals surface area (Å²) < 4.78 is 0. The van der Waals surface area contributed by atoms with Gasteiger partial charge in [0.1, 0.15) is 0 Å². The van der Waals surface area contributed by atoms with E-state index in [-0.39, 0.29) is 5.91 Å². The van der Waals surface area contributed by atoms with Gasteiger partial charge in [0, 0.05) is 28.8 Å². The molecular weight excluding hydrogens is 360 g/mol. The maximum atomic E-state index is 12.4. The van der Waals surface area contributed by atoms with Crippen LogP contribution in [0.25, 0.3) is 0 Å². The van der Waals surface area contributed by atoms with Crippen molar-refractivity contribution < 1.29 is 4.79 Å². The highest BCUT2D eigenvalue weighted by Crippen LogP contribution is 2.24. The summed E-state index contributed by atoms with van der Waals surface area (Å²) in [6.07, 6.45) is 3.92. The maximum Gasteiger partial charge on any atom is 0.258 e. The van der Waals surface area contributed by atoms with E-state index in [2.05, 4.69) is 33.6 Å². The molecule has 0 fully saturated rings. The Bertz CT molecular complexity index is 970. The van der Waals surface area contributed by atoms with Crippen molar-refractivity contribution >= 4 is 34.8 Å². The topological polar surface area (TPSA) is 66.9 Å². The second kappa shape index (κ2) is 8.18. The number of benzene rings is 2. The monoisotopic (exact) mass is 380 g/mol. The van der Waals surface area contributed by atoms with Crippen LogP contribution in [0.2, 0.25) is 5.02 Å². The molecular formula is C21H21ClN4O. The lowest BCUT2D eigenvalue weighted by Gasteiger charge is -2.13. The van der Waals surface area contributed by atoms with Gasteiger partial charge in [0.25, 0.3) is 5.91 Å². The molecule has 0 saturated heterocycles. The zero-order valence-electron chi connectivity index (χ0n) is 15.5. The van der Waals surface area contributed by atoms with Gasteiger partial charge in [-0.2, -0.15) is 0 Å². The van der Waals surface area contributed by atoms with Crippen LogP contribution < -0.4 is 10.6 Å². The van der Waals surface area contributed by atoms with Gasteiger partial charge in [-0.25, -0.2) is 9.97 Å². The molecule has 2 N–H and O–H groups in total. The van der Waals surface area contributed by atoms with E-state index in [0.29, 0.717) is 22.2 Å². The van der Waals surface area contributed by atoms with E-state index in [9.17, 15) is 4.79 Å². The number of aromatic nitrogens is 2. The first kappa shape index (κ1) is 18.9. The van der Waals surface area contributed by atoms with Gasteiger partial charge < -0.3 is 10.6 Å². The third-order valence-electron chi connectivity index (χ3n) is 4.32. The lowest BCUT2D eigenvalue weighted by molar-refractivity contribution is 0.102. The molecule has 1 heterocycles. The lowest BCUT2D eigenvalue weighted by atomic mass is 10.1. The van der Waals surface area contributed by atoms with Crippen LogP contribution in [0.3, 0.4) is 0 Å². The van der Waals surface area contributed by atoms with Crippen LogP contribution in [0, 0.1) is 13.8 Å². The fraction of sp³-hybridized carbons (Fsp3) is 0.190.